The Kier molecular flexibility index (Phi) is 6.54. The molecule has 0 aliphatic carbocycles. The number of piperidine rings is 2. The number of carbonyl (C=O) groups is 2. The first kappa shape index (κ1) is 20.3. The van der Waals surface area contributed by atoms with Crippen molar-refractivity contribution >= 4 is 33.2 Å². The summed E-state index contributed by atoms with van der Waals surface area (Å²) < 4.78 is 27.3. The lowest BCUT2D eigenvalue weighted by molar-refractivity contribution is -0.138. The second kappa shape index (κ2) is 8.70. The van der Waals surface area contributed by atoms with Gasteiger partial charge in [-0.1, -0.05) is 13.0 Å². The van der Waals surface area contributed by atoms with Crippen molar-refractivity contribution in [3.63, 3.8) is 0 Å². The Balaban J connectivity index is 1.63. The summed E-state index contributed by atoms with van der Waals surface area (Å²) in [5.74, 6) is -0.300. The average Bonchev–Trinajstić information content (AvgIpc) is 3.23. The number of amides is 2. The highest BCUT2D eigenvalue weighted by Gasteiger charge is 2.36. The van der Waals surface area contributed by atoms with Gasteiger partial charge in [-0.2, -0.15) is 4.31 Å². The second-order valence-corrected chi connectivity index (χ2v) is 10.3. The standard InChI is InChI=1S/C18H27N3O4S2/c1-2-16(22)19-15-7-4-9-20(13-15)18(23)14-6-3-10-21(12-14)27(24,25)17-8-5-11-26-17/h5,8,11,14-15H,2-4,6-7,9-10,12-13H2,1H3,(H,19,22). The number of nitrogens with one attached hydrogen (secondary N) is 1. The number of rotatable bonds is 5. The molecule has 150 valence electrons. The maximum Gasteiger partial charge on any atom is 0.252 e. The number of thiophene rings is 1. The molecule has 2 saturated heterocycles. The third-order valence-corrected chi connectivity index (χ3v) is 8.48. The van der Waals surface area contributed by atoms with Crippen molar-refractivity contribution in [1.29, 1.82) is 0 Å². The summed E-state index contributed by atoms with van der Waals surface area (Å²) >= 11 is 1.20. The Morgan fingerprint density at radius 2 is 2.00 bits per heavy atom. The molecule has 2 aliphatic rings. The Morgan fingerprint density at radius 3 is 2.70 bits per heavy atom. The fraction of sp³-hybridized carbons (Fsp3) is 0.667. The SMILES string of the molecule is CCC(=O)NC1CCCN(C(=O)C2CCCN(S(=O)(=O)c3cccs3)C2)C1. The Labute approximate surface area is 164 Å². The number of hydrogen-bond acceptors (Lipinski definition) is 5. The van der Waals surface area contributed by atoms with Crippen LogP contribution in [-0.2, 0) is 19.6 Å². The topological polar surface area (TPSA) is 86.8 Å². The first-order valence-electron chi connectivity index (χ1n) is 9.53. The molecule has 2 aliphatic heterocycles. The Morgan fingerprint density at radius 1 is 1.22 bits per heavy atom. The van der Waals surface area contributed by atoms with E-state index in [1.807, 2.05) is 6.92 Å². The van der Waals surface area contributed by atoms with Gasteiger partial charge in [-0.3, -0.25) is 9.59 Å². The van der Waals surface area contributed by atoms with Crippen LogP contribution < -0.4 is 5.32 Å². The van der Waals surface area contributed by atoms with Gasteiger partial charge in [0.15, 0.2) is 0 Å². The molecule has 1 aromatic rings. The van der Waals surface area contributed by atoms with Crippen molar-refractivity contribution in [2.45, 2.75) is 49.3 Å². The number of carbonyl (C=O) groups excluding carboxylic acids is 2. The van der Waals surface area contributed by atoms with Crippen LogP contribution in [0, 0.1) is 5.92 Å². The fourth-order valence-corrected chi connectivity index (χ4v) is 6.45. The second-order valence-electron chi connectivity index (χ2n) is 7.18. The van der Waals surface area contributed by atoms with Crippen molar-refractivity contribution in [1.82, 2.24) is 14.5 Å². The molecular weight excluding hydrogens is 386 g/mol. The van der Waals surface area contributed by atoms with Crippen LogP contribution in [0.2, 0.25) is 0 Å². The predicted molar refractivity (Wildman–Crippen MR) is 104 cm³/mol. The Hall–Kier alpha value is -1.45. The van der Waals surface area contributed by atoms with E-state index in [1.54, 1.807) is 22.4 Å². The van der Waals surface area contributed by atoms with Crippen molar-refractivity contribution in [3.05, 3.63) is 17.5 Å². The minimum Gasteiger partial charge on any atom is -0.352 e. The predicted octanol–water partition coefficient (Wildman–Crippen LogP) is 1.67. The van der Waals surface area contributed by atoms with E-state index in [0.29, 0.717) is 43.1 Å². The van der Waals surface area contributed by atoms with Crippen LogP contribution >= 0.6 is 11.3 Å². The van der Waals surface area contributed by atoms with E-state index in [-0.39, 0.29) is 30.3 Å². The molecule has 0 radical (unpaired) electrons. The summed E-state index contributed by atoms with van der Waals surface area (Å²) in [5.41, 5.74) is 0. The molecule has 3 heterocycles. The van der Waals surface area contributed by atoms with E-state index < -0.39 is 10.0 Å². The molecule has 0 aromatic carbocycles. The summed E-state index contributed by atoms with van der Waals surface area (Å²) in [5, 5.41) is 4.72. The highest BCUT2D eigenvalue weighted by atomic mass is 32.2. The molecule has 1 N–H and O–H groups in total. The molecular formula is C18H27N3O4S2. The highest BCUT2D eigenvalue weighted by molar-refractivity contribution is 7.91. The van der Waals surface area contributed by atoms with Crippen LogP contribution in [0.25, 0.3) is 0 Å². The van der Waals surface area contributed by atoms with E-state index >= 15 is 0 Å². The molecule has 9 heteroatoms. The van der Waals surface area contributed by atoms with Crippen LogP contribution in [0.5, 0.6) is 0 Å². The maximum absolute atomic E-state index is 13.0. The molecule has 2 unspecified atom stereocenters. The smallest absolute Gasteiger partial charge is 0.252 e. The van der Waals surface area contributed by atoms with Gasteiger partial charge < -0.3 is 10.2 Å². The van der Waals surface area contributed by atoms with E-state index in [9.17, 15) is 18.0 Å². The molecule has 7 nitrogen and oxygen atoms in total. The number of nitrogens with zero attached hydrogens (tertiary/aromatic N) is 2. The number of sulfonamides is 1. The van der Waals surface area contributed by atoms with Crippen LogP contribution in [0.4, 0.5) is 0 Å². The lowest BCUT2D eigenvalue weighted by Gasteiger charge is -2.38. The number of likely N-dealkylation sites (tertiary alicyclic amines) is 1. The molecule has 2 atom stereocenters. The quantitative estimate of drug-likeness (QED) is 0.795. The zero-order valence-corrected chi connectivity index (χ0v) is 17.2. The molecule has 0 bridgehead atoms. The average molecular weight is 414 g/mol. The fourth-order valence-electron chi connectivity index (χ4n) is 3.78. The van der Waals surface area contributed by atoms with Crippen LogP contribution in [0.15, 0.2) is 21.7 Å². The van der Waals surface area contributed by atoms with Gasteiger partial charge in [0.1, 0.15) is 4.21 Å². The van der Waals surface area contributed by atoms with Crippen molar-refractivity contribution in [3.8, 4) is 0 Å². The molecule has 0 spiro atoms. The molecule has 2 amide bonds. The molecule has 27 heavy (non-hydrogen) atoms. The highest BCUT2D eigenvalue weighted by Crippen LogP contribution is 2.27. The Bertz CT molecular complexity index is 764. The van der Waals surface area contributed by atoms with E-state index in [4.69, 9.17) is 0 Å². The minimum absolute atomic E-state index is 0.000168. The summed E-state index contributed by atoms with van der Waals surface area (Å²) in [6.45, 7) is 3.69. The minimum atomic E-state index is -3.52. The van der Waals surface area contributed by atoms with Crippen molar-refractivity contribution in [2.24, 2.45) is 5.92 Å². The first-order chi connectivity index (χ1) is 12.9. The van der Waals surface area contributed by atoms with Gasteiger partial charge in [0.25, 0.3) is 10.0 Å². The van der Waals surface area contributed by atoms with Gasteiger partial charge in [-0.25, -0.2) is 8.42 Å². The number of hydrogen-bond donors (Lipinski definition) is 1. The maximum atomic E-state index is 13.0. The largest absolute Gasteiger partial charge is 0.352 e. The van der Waals surface area contributed by atoms with Gasteiger partial charge in [0.2, 0.25) is 11.8 Å². The first-order valence-corrected chi connectivity index (χ1v) is 11.9. The summed E-state index contributed by atoms with van der Waals surface area (Å²) in [7, 11) is -3.52. The third kappa shape index (κ3) is 4.70. The van der Waals surface area contributed by atoms with Crippen LogP contribution in [-0.4, -0.2) is 61.7 Å². The zero-order valence-electron chi connectivity index (χ0n) is 15.6. The lowest BCUT2D eigenvalue weighted by atomic mass is 9.96. The van der Waals surface area contributed by atoms with Gasteiger partial charge in [0.05, 0.1) is 5.92 Å². The molecule has 1 aromatic heterocycles. The van der Waals surface area contributed by atoms with Crippen LogP contribution in [0.1, 0.15) is 39.0 Å². The molecule has 3 rings (SSSR count). The van der Waals surface area contributed by atoms with E-state index in [1.165, 1.54) is 15.6 Å². The van der Waals surface area contributed by atoms with Gasteiger partial charge in [0, 0.05) is 38.6 Å². The summed E-state index contributed by atoms with van der Waals surface area (Å²) in [6, 6.07) is 3.32. The summed E-state index contributed by atoms with van der Waals surface area (Å²) in [4.78, 5) is 26.4. The van der Waals surface area contributed by atoms with Gasteiger partial charge in [-0.05, 0) is 37.1 Å². The lowest BCUT2D eigenvalue weighted by Crippen LogP contribution is -2.53. The monoisotopic (exact) mass is 413 g/mol. The third-order valence-electron chi connectivity index (χ3n) is 5.24. The molecule has 2 fully saturated rings. The van der Waals surface area contributed by atoms with E-state index in [2.05, 4.69) is 5.32 Å². The van der Waals surface area contributed by atoms with E-state index in [0.717, 1.165) is 12.8 Å². The van der Waals surface area contributed by atoms with Gasteiger partial charge >= 0.3 is 0 Å². The summed E-state index contributed by atoms with van der Waals surface area (Å²) in [6.07, 6.45) is 3.55. The molecule has 0 saturated carbocycles. The zero-order chi connectivity index (χ0) is 19.4. The van der Waals surface area contributed by atoms with Crippen molar-refractivity contribution < 1.29 is 18.0 Å². The van der Waals surface area contributed by atoms with Crippen LogP contribution in [0.3, 0.4) is 0 Å². The van der Waals surface area contributed by atoms with Crippen molar-refractivity contribution in [2.75, 3.05) is 26.2 Å². The normalized spacial score (nSPS) is 24.6. The van der Waals surface area contributed by atoms with Gasteiger partial charge in [-0.15, -0.1) is 11.3 Å².